The SMILES string of the molecule is CCC1CCCCN1C(=O)c1cnon1. The summed E-state index contributed by atoms with van der Waals surface area (Å²) < 4.78 is 4.45. The van der Waals surface area contributed by atoms with Gasteiger partial charge in [-0.25, -0.2) is 4.63 Å². The zero-order valence-corrected chi connectivity index (χ0v) is 8.85. The fourth-order valence-electron chi connectivity index (χ4n) is 2.10. The third-order valence-corrected chi connectivity index (χ3v) is 2.94. The lowest BCUT2D eigenvalue weighted by molar-refractivity contribution is 0.0597. The molecule has 0 bridgehead atoms. The van der Waals surface area contributed by atoms with Crippen molar-refractivity contribution in [3.8, 4) is 0 Å². The molecule has 2 heterocycles. The van der Waals surface area contributed by atoms with Crippen molar-refractivity contribution < 1.29 is 9.42 Å². The Bertz CT molecular complexity index is 323. The van der Waals surface area contributed by atoms with E-state index in [2.05, 4.69) is 21.9 Å². The van der Waals surface area contributed by atoms with Gasteiger partial charge in [0.05, 0.1) is 0 Å². The van der Waals surface area contributed by atoms with Gasteiger partial charge in [0.2, 0.25) is 0 Å². The van der Waals surface area contributed by atoms with Crippen LogP contribution in [0.15, 0.2) is 10.8 Å². The van der Waals surface area contributed by atoms with Crippen LogP contribution in [0.25, 0.3) is 0 Å². The quantitative estimate of drug-likeness (QED) is 0.740. The minimum atomic E-state index is -0.0530. The molecule has 2 rings (SSSR count). The number of carbonyl (C=O) groups is 1. The normalized spacial score (nSPS) is 21.7. The Hall–Kier alpha value is -1.39. The summed E-state index contributed by atoms with van der Waals surface area (Å²) in [6.45, 7) is 2.93. The first-order valence-corrected chi connectivity index (χ1v) is 5.41. The van der Waals surface area contributed by atoms with Gasteiger partial charge in [-0.2, -0.15) is 0 Å². The molecule has 0 N–H and O–H groups in total. The maximum atomic E-state index is 12.0. The highest BCUT2D eigenvalue weighted by Crippen LogP contribution is 2.20. The van der Waals surface area contributed by atoms with Gasteiger partial charge < -0.3 is 4.90 Å². The Morgan fingerprint density at radius 3 is 3.20 bits per heavy atom. The molecule has 0 aromatic carbocycles. The van der Waals surface area contributed by atoms with Crippen LogP contribution in [-0.2, 0) is 0 Å². The van der Waals surface area contributed by atoms with E-state index >= 15 is 0 Å². The largest absolute Gasteiger partial charge is 0.334 e. The summed E-state index contributed by atoms with van der Waals surface area (Å²) >= 11 is 0. The smallest absolute Gasteiger partial charge is 0.278 e. The second-order valence-corrected chi connectivity index (χ2v) is 3.85. The zero-order valence-electron chi connectivity index (χ0n) is 8.85. The molecule has 0 spiro atoms. The van der Waals surface area contributed by atoms with Gasteiger partial charge in [0.1, 0.15) is 6.20 Å². The van der Waals surface area contributed by atoms with E-state index in [0.717, 1.165) is 25.8 Å². The molecular formula is C10H15N3O2. The first kappa shape index (κ1) is 10.1. The van der Waals surface area contributed by atoms with Gasteiger partial charge in [-0.1, -0.05) is 12.1 Å². The lowest BCUT2D eigenvalue weighted by Crippen LogP contribution is -2.43. The zero-order chi connectivity index (χ0) is 10.7. The van der Waals surface area contributed by atoms with Crippen LogP contribution in [-0.4, -0.2) is 33.7 Å². The molecule has 82 valence electrons. The van der Waals surface area contributed by atoms with Crippen molar-refractivity contribution in [2.45, 2.75) is 38.6 Å². The van der Waals surface area contributed by atoms with Crippen LogP contribution in [0, 0.1) is 0 Å². The lowest BCUT2D eigenvalue weighted by atomic mass is 10.00. The van der Waals surface area contributed by atoms with Crippen LogP contribution >= 0.6 is 0 Å². The molecular weight excluding hydrogens is 194 g/mol. The molecule has 5 nitrogen and oxygen atoms in total. The van der Waals surface area contributed by atoms with Crippen LogP contribution in [0.2, 0.25) is 0 Å². The van der Waals surface area contributed by atoms with E-state index in [-0.39, 0.29) is 5.91 Å². The first-order chi connectivity index (χ1) is 7.33. The number of carbonyl (C=O) groups excluding carboxylic acids is 1. The van der Waals surface area contributed by atoms with E-state index in [9.17, 15) is 4.79 Å². The van der Waals surface area contributed by atoms with Gasteiger partial charge in [-0.3, -0.25) is 4.79 Å². The van der Waals surface area contributed by atoms with Crippen molar-refractivity contribution in [2.24, 2.45) is 0 Å². The summed E-state index contributed by atoms with van der Waals surface area (Å²) in [7, 11) is 0. The standard InChI is InChI=1S/C10H15N3O2/c1-2-8-5-3-4-6-13(8)10(14)9-7-11-15-12-9/h7-8H,2-6H2,1H3. The van der Waals surface area contributed by atoms with E-state index in [1.54, 1.807) is 0 Å². The van der Waals surface area contributed by atoms with Crippen molar-refractivity contribution in [1.29, 1.82) is 0 Å². The number of hydrogen-bond donors (Lipinski definition) is 0. The number of rotatable bonds is 2. The Balaban J connectivity index is 2.11. The number of aromatic nitrogens is 2. The average Bonchev–Trinajstić information content (AvgIpc) is 2.81. The van der Waals surface area contributed by atoms with Crippen molar-refractivity contribution >= 4 is 5.91 Å². The summed E-state index contributed by atoms with van der Waals surface area (Å²) in [5.74, 6) is -0.0530. The predicted molar refractivity (Wildman–Crippen MR) is 53.3 cm³/mol. The molecule has 15 heavy (non-hydrogen) atoms. The van der Waals surface area contributed by atoms with E-state index in [1.807, 2.05) is 4.90 Å². The second-order valence-electron chi connectivity index (χ2n) is 3.85. The maximum absolute atomic E-state index is 12.0. The summed E-state index contributed by atoms with van der Waals surface area (Å²) in [5.41, 5.74) is 0.315. The van der Waals surface area contributed by atoms with Gasteiger partial charge in [0.25, 0.3) is 5.91 Å². The van der Waals surface area contributed by atoms with E-state index in [1.165, 1.54) is 12.6 Å². The molecule has 1 aromatic rings. The maximum Gasteiger partial charge on any atom is 0.278 e. The highest BCUT2D eigenvalue weighted by Gasteiger charge is 2.27. The number of likely N-dealkylation sites (tertiary alicyclic amines) is 1. The number of hydrogen-bond acceptors (Lipinski definition) is 4. The van der Waals surface area contributed by atoms with Crippen LogP contribution < -0.4 is 0 Å². The number of piperidine rings is 1. The third kappa shape index (κ3) is 2.00. The highest BCUT2D eigenvalue weighted by atomic mass is 16.6. The molecule has 5 heteroatoms. The van der Waals surface area contributed by atoms with Gasteiger partial charge in [0.15, 0.2) is 5.69 Å². The molecule has 0 radical (unpaired) electrons. The van der Waals surface area contributed by atoms with Gasteiger partial charge in [0, 0.05) is 12.6 Å². The molecule has 1 aliphatic rings. The van der Waals surface area contributed by atoms with E-state index in [0.29, 0.717) is 11.7 Å². The number of nitrogens with zero attached hydrogens (tertiary/aromatic N) is 3. The van der Waals surface area contributed by atoms with Crippen LogP contribution in [0.1, 0.15) is 43.1 Å². The molecule has 1 atom stereocenters. The average molecular weight is 209 g/mol. The Kier molecular flexibility index (Phi) is 2.99. The Morgan fingerprint density at radius 1 is 1.67 bits per heavy atom. The molecule has 1 fully saturated rings. The van der Waals surface area contributed by atoms with Gasteiger partial charge in [-0.05, 0) is 30.8 Å². The molecule has 1 aliphatic heterocycles. The van der Waals surface area contributed by atoms with Crippen LogP contribution in [0.3, 0.4) is 0 Å². The fraction of sp³-hybridized carbons (Fsp3) is 0.700. The van der Waals surface area contributed by atoms with Gasteiger partial charge in [-0.15, -0.1) is 0 Å². The van der Waals surface area contributed by atoms with Crippen molar-refractivity contribution in [3.05, 3.63) is 11.9 Å². The molecule has 1 saturated heterocycles. The Morgan fingerprint density at radius 2 is 2.53 bits per heavy atom. The summed E-state index contributed by atoms with van der Waals surface area (Å²) in [4.78, 5) is 13.9. The summed E-state index contributed by atoms with van der Waals surface area (Å²) in [6.07, 6.45) is 5.75. The summed E-state index contributed by atoms with van der Waals surface area (Å²) in [6, 6.07) is 0.350. The van der Waals surface area contributed by atoms with E-state index in [4.69, 9.17) is 0 Å². The molecule has 0 aliphatic carbocycles. The molecule has 1 aromatic heterocycles. The highest BCUT2D eigenvalue weighted by molar-refractivity contribution is 5.92. The van der Waals surface area contributed by atoms with Crippen molar-refractivity contribution in [3.63, 3.8) is 0 Å². The topological polar surface area (TPSA) is 59.2 Å². The van der Waals surface area contributed by atoms with Crippen molar-refractivity contribution in [1.82, 2.24) is 15.2 Å². The third-order valence-electron chi connectivity index (χ3n) is 2.94. The molecule has 1 amide bonds. The minimum absolute atomic E-state index is 0.0530. The fourth-order valence-corrected chi connectivity index (χ4v) is 2.10. The second kappa shape index (κ2) is 4.42. The van der Waals surface area contributed by atoms with Gasteiger partial charge >= 0.3 is 0 Å². The molecule has 1 unspecified atom stereocenters. The monoisotopic (exact) mass is 209 g/mol. The summed E-state index contributed by atoms with van der Waals surface area (Å²) in [5, 5.41) is 7.04. The minimum Gasteiger partial charge on any atom is -0.334 e. The van der Waals surface area contributed by atoms with Crippen molar-refractivity contribution in [2.75, 3.05) is 6.54 Å². The van der Waals surface area contributed by atoms with E-state index < -0.39 is 0 Å². The Labute approximate surface area is 88.4 Å². The number of amides is 1. The lowest BCUT2D eigenvalue weighted by Gasteiger charge is -2.34. The predicted octanol–water partition coefficient (Wildman–Crippen LogP) is 1.47. The molecule has 0 saturated carbocycles. The van der Waals surface area contributed by atoms with Crippen LogP contribution in [0.4, 0.5) is 0 Å². The van der Waals surface area contributed by atoms with Crippen LogP contribution in [0.5, 0.6) is 0 Å². The first-order valence-electron chi connectivity index (χ1n) is 5.41.